The minimum atomic E-state index is 0.402. The van der Waals surface area contributed by atoms with Crippen LogP contribution in [-0.4, -0.2) is 12.1 Å². The highest BCUT2D eigenvalue weighted by Crippen LogP contribution is 2.32. The van der Waals surface area contributed by atoms with Crippen molar-refractivity contribution < 1.29 is 0 Å². The van der Waals surface area contributed by atoms with E-state index in [9.17, 15) is 0 Å². The van der Waals surface area contributed by atoms with Crippen molar-refractivity contribution in [2.24, 2.45) is 0 Å². The number of hydrogen-bond donors (Lipinski definition) is 2. The van der Waals surface area contributed by atoms with Crippen LogP contribution in [0.4, 0.5) is 0 Å². The lowest BCUT2D eigenvalue weighted by Gasteiger charge is -2.30. The van der Waals surface area contributed by atoms with Crippen molar-refractivity contribution in [3.8, 4) is 0 Å². The fraction of sp³-hybridized carbons (Fsp3) is 0.727. The second-order valence-corrected chi connectivity index (χ2v) is 8.99. The van der Waals surface area contributed by atoms with Crippen molar-refractivity contribution >= 4 is 15.9 Å². The van der Waals surface area contributed by atoms with Crippen LogP contribution in [-0.2, 0) is 0 Å². The minimum absolute atomic E-state index is 0.402. The maximum Gasteiger partial charge on any atom is 0.0305 e. The second kappa shape index (κ2) is 9.53. The van der Waals surface area contributed by atoms with Gasteiger partial charge in [0.15, 0.2) is 0 Å². The average molecular weight is 407 g/mol. The van der Waals surface area contributed by atoms with Crippen LogP contribution < -0.4 is 10.6 Å². The first-order valence-electron chi connectivity index (χ1n) is 10.5. The summed E-state index contributed by atoms with van der Waals surface area (Å²) >= 11 is 3.93. The summed E-state index contributed by atoms with van der Waals surface area (Å²) in [4.78, 5) is 0. The van der Waals surface area contributed by atoms with Crippen molar-refractivity contribution in [2.75, 3.05) is 0 Å². The zero-order valence-electron chi connectivity index (χ0n) is 16.0. The van der Waals surface area contributed by atoms with Crippen molar-refractivity contribution in [2.45, 2.75) is 102 Å². The highest BCUT2D eigenvalue weighted by molar-refractivity contribution is 9.10. The Balaban J connectivity index is 1.65. The third-order valence-electron chi connectivity index (χ3n) is 6.17. The Morgan fingerprint density at radius 1 is 0.760 bits per heavy atom. The van der Waals surface area contributed by atoms with E-state index in [2.05, 4.69) is 58.6 Å². The molecule has 2 atom stereocenters. The molecule has 2 aliphatic carbocycles. The Labute approximate surface area is 162 Å². The second-order valence-electron chi connectivity index (χ2n) is 8.20. The normalized spacial score (nSPS) is 22.7. The van der Waals surface area contributed by atoms with Crippen LogP contribution in [0.25, 0.3) is 0 Å². The molecular weight excluding hydrogens is 372 g/mol. The summed E-state index contributed by atoms with van der Waals surface area (Å²) in [6.07, 6.45) is 13.7. The molecule has 0 saturated heterocycles. The van der Waals surface area contributed by atoms with Crippen molar-refractivity contribution in [3.05, 3.63) is 33.8 Å². The van der Waals surface area contributed by atoms with E-state index >= 15 is 0 Å². The molecule has 0 aliphatic heterocycles. The fourth-order valence-electron chi connectivity index (χ4n) is 4.66. The third kappa shape index (κ3) is 5.30. The Morgan fingerprint density at radius 3 is 1.56 bits per heavy atom. The molecular formula is C22H35BrN2. The van der Waals surface area contributed by atoms with Crippen LogP contribution in [0, 0.1) is 0 Å². The van der Waals surface area contributed by atoms with Gasteiger partial charge in [0.25, 0.3) is 0 Å². The molecule has 0 radical (unpaired) electrons. The molecule has 2 N–H and O–H groups in total. The standard InChI is InChI=1S/C22H35BrN2/c1-16(24-18-10-5-3-6-11-18)20-14-9-15-21(22(20)23)17(2)25-19-12-7-4-8-13-19/h9,14-19,24-25H,3-8,10-13H2,1-2H3. The molecule has 1 aromatic carbocycles. The number of halogens is 1. The van der Waals surface area contributed by atoms with Gasteiger partial charge in [-0.3, -0.25) is 0 Å². The summed E-state index contributed by atoms with van der Waals surface area (Å²) in [5.41, 5.74) is 2.81. The van der Waals surface area contributed by atoms with Crippen LogP contribution in [0.2, 0.25) is 0 Å². The van der Waals surface area contributed by atoms with Gasteiger partial charge in [-0.15, -0.1) is 0 Å². The Hall–Kier alpha value is -0.380. The first-order chi connectivity index (χ1) is 12.1. The van der Waals surface area contributed by atoms with Crippen LogP contribution in [0.3, 0.4) is 0 Å². The quantitative estimate of drug-likeness (QED) is 0.569. The van der Waals surface area contributed by atoms with Gasteiger partial charge >= 0.3 is 0 Å². The van der Waals surface area contributed by atoms with Crippen LogP contribution in [0.15, 0.2) is 22.7 Å². The molecule has 0 heterocycles. The Morgan fingerprint density at radius 2 is 1.16 bits per heavy atom. The van der Waals surface area contributed by atoms with E-state index < -0.39 is 0 Å². The van der Waals surface area contributed by atoms with Gasteiger partial charge in [-0.25, -0.2) is 0 Å². The smallest absolute Gasteiger partial charge is 0.0305 e. The lowest BCUT2D eigenvalue weighted by atomic mass is 9.93. The molecule has 0 aromatic heterocycles. The van der Waals surface area contributed by atoms with Crippen molar-refractivity contribution in [3.63, 3.8) is 0 Å². The highest BCUT2D eigenvalue weighted by Gasteiger charge is 2.21. The molecule has 0 amide bonds. The largest absolute Gasteiger partial charge is 0.307 e. The summed E-state index contributed by atoms with van der Waals surface area (Å²) in [5, 5.41) is 7.75. The Bertz CT molecular complexity index is 489. The lowest BCUT2D eigenvalue weighted by molar-refractivity contribution is 0.343. The summed E-state index contributed by atoms with van der Waals surface area (Å²) in [7, 11) is 0. The van der Waals surface area contributed by atoms with E-state index in [0.717, 1.165) is 0 Å². The molecule has 2 saturated carbocycles. The van der Waals surface area contributed by atoms with E-state index in [-0.39, 0.29) is 0 Å². The predicted molar refractivity (Wildman–Crippen MR) is 111 cm³/mol. The van der Waals surface area contributed by atoms with Crippen molar-refractivity contribution in [1.29, 1.82) is 0 Å². The number of benzene rings is 1. The molecule has 2 aliphatic rings. The molecule has 140 valence electrons. The van der Waals surface area contributed by atoms with Crippen LogP contribution in [0.1, 0.15) is 101 Å². The van der Waals surface area contributed by atoms with Gasteiger partial charge in [0.1, 0.15) is 0 Å². The van der Waals surface area contributed by atoms with Gasteiger partial charge in [0.2, 0.25) is 0 Å². The van der Waals surface area contributed by atoms with Crippen molar-refractivity contribution in [1.82, 2.24) is 10.6 Å². The van der Waals surface area contributed by atoms with E-state index in [1.54, 1.807) is 0 Å². The van der Waals surface area contributed by atoms with Gasteiger partial charge in [-0.05, 0) is 50.7 Å². The first kappa shape index (κ1) is 19.4. The molecule has 0 bridgehead atoms. The van der Waals surface area contributed by atoms with E-state index in [4.69, 9.17) is 0 Å². The van der Waals surface area contributed by atoms with Crippen LogP contribution >= 0.6 is 15.9 Å². The summed E-state index contributed by atoms with van der Waals surface area (Å²) in [5.74, 6) is 0. The zero-order chi connectivity index (χ0) is 17.6. The van der Waals surface area contributed by atoms with E-state index in [0.29, 0.717) is 24.2 Å². The van der Waals surface area contributed by atoms with Crippen LogP contribution in [0.5, 0.6) is 0 Å². The Kier molecular flexibility index (Phi) is 7.39. The SMILES string of the molecule is CC(NC1CCCCC1)c1cccc(C(C)NC2CCCCC2)c1Br. The predicted octanol–water partition coefficient (Wildman–Crippen LogP) is 6.42. The molecule has 2 nitrogen and oxygen atoms in total. The molecule has 2 fully saturated rings. The monoisotopic (exact) mass is 406 g/mol. The van der Waals surface area contributed by atoms with Gasteiger partial charge in [0.05, 0.1) is 0 Å². The van der Waals surface area contributed by atoms with Gasteiger partial charge in [-0.1, -0.05) is 72.7 Å². The lowest BCUT2D eigenvalue weighted by Crippen LogP contribution is -2.34. The summed E-state index contributed by atoms with van der Waals surface area (Å²) in [6, 6.07) is 8.98. The molecule has 3 heteroatoms. The number of hydrogen-bond acceptors (Lipinski definition) is 2. The van der Waals surface area contributed by atoms with Gasteiger partial charge in [0, 0.05) is 28.6 Å². The van der Waals surface area contributed by atoms with E-state index in [1.807, 2.05) is 0 Å². The topological polar surface area (TPSA) is 24.1 Å². The maximum absolute atomic E-state index is 3.93. The summed E-state index contributed by atoms with van der Waals surface area (Å²) in [6.45, 7) is 4.63. The maximum atomic E-state index is 3.93. The number of nitrogens with one attached hydrogen (secondary N) is 2. The zero-order valence-corrected chi connectivity index (χ0v) is 17.6. The third-order valence-corrected chi connectivity index (χ3v) is 7.09. The molecule has 3 rings (SSSR count). The average Bonchev–Trinajstić information content (AvgIpc) is 2.63. The molecule has 25 heavy (non-hydrogen) atoms. The minimum Gasteiger partial charge on any atom is -0.307 e. The first-order valence-corrected chi connectivity index (χ1v) is 11.2. The van der Waals surface area contributed by atoms with E-state index in [1.165, 1.54) is 79.8 Å². The molecule has 1 aromatic rings. The van der Waals surface area contributed by atoms with Gasteiger partial charge in [-0.2, -0.15) is 0 Å². The van der Waals surface area contributed by atoms with Gasteiger partial charge < -0.3 is 10.6 Å². The number of rotatable bonds is 6. The molecule has 2 unspecified atom stereocenters. The highest BCUT2D eigenvalue weighted by atomic mass is 79.9. The molecule has 0 spiro atoms. The fourth-order valence-corrected chi connectivity index (χ4v) is 5.61. The summed E-state index contributed by atoms with van der Waals surface area (Å²) < 4.78 is 1.29.